The van der Waals surface area contributed by atoms with Crippen molar-refractivity contribution in [3.8, 4) is 0 Å². The SMILES string of the molecule is Cc1noc(C)c1C[C@H](C)c1nnc([C@H]2CCO[C@@H]2C(C)(C)C)o1. The third-order valence-corrected chi connectivity index (χ3v) is 4.83. The fraction of sp³-hybridized carbons (Fsp3) is 0.722. The van der Waals surface area contributed by atoms with Crippen molar-refractivity contribution in [2.45, 2.75) is 72.3 Å². The van der Waals surface area contributed by atoms with Gasteiger partial charge in [-0.05, 0) is 32.1 Å². The van der Waals surface area contributed by atoms with Gasteiger partial charge in [0.25, 0.3) is 0 Å². The van der Waals surface area contributed by atoms with Crippen LogP contribution in [0.5, 0.6) is 0 Å². The monoisotopic (exact) mass is 333 g/mol. The molecule has 0 bridgehead atoms. The van der Waals surface area contributed by atoms with Gasteiger partial charge in [-0.3, -0.25) is 0 Å². The van der Waals surface area contributed by atoms with Gasteiger partial charge in [-0.2, -0.15) is 0 Å². The van der Waals surface area contributed by atoms with Gasteiger partial charge in [0.15, 0.2) is 0 Å². The Bertz CT molecular complexity index is 679. The van der Waals surface area contributed by atoms with Crippen LogP contribution in [0, 0.1) is 19.3 Å². The summed E-state index contributed by atoms with van der Waals surface area (Å²) in [7, 11) is 0. The molecule has 2 aromatic heterocycles. The maximum Gasteiger partial charge on any atom is 0.222 e. The zero-order valence-corrected chi connectivity index (χ0v) is 15.4. The van der Waals surface area contributed by atoms with Crippen molar-refractivity contribution in [2.75, 3.05) is 6.61 Å². The Labute approximate surface area is 143 Å². The van der Waals surface area contributed by atoms with Gasteiger partial charge < -0.3 is 13.7 Å². The van der Waals surface area contributed by atoms with E-state index in [-0.39, 0.29) is 23.4 Å². The second kappa shape index (κ2) is 6.31. The Balaban J connectivity index is 1.75. The van der Waals surface area contributed by atoms with Crippen LogP contribution < -0.4 is 0 Å². The van der Waals surface area contributed by atoms with E-state index in [2.05, 4.69) is 43.0 Å². The maximum absolute atomic E-state index is 6.03. The Morgan fingerprint density at radius 3 is 2.58 bits per heavy atom. The molecule has 6 heteroatoms. The molecule has 0 aliphatic carbocycles. The van der Waals surface area contributed by atoms with Crippen molar-refractivity contribution in [1.29, 1.82) is 0 Å². The van der Waals surface area contributed by atoms with Crippen LogP contribution in [0.3, 0.4) is 0 Å². The van der Waals surface area contributed by atoms with Gasteiger partial charge in [0.1, 0.15) is 5.76 Å². The third kappa shape index (κ3) is 3.24. The molecule has 0 saturated carbocycles. The topological polar surface area (TPSA) is 74.2 Å². The second-order valence-corrected chi connectivity index (χ2v) is 7.94. The highest BCUT2D eigenvalue weighted by Gasteiger charge is 2.41. The van der Waals surface area contributed by atoms with Crippen molar-refractivity contribution in [2.24, 2.45) is 5.41 Å². The van der Waals surface area contributed by atoms with Gasteiger partial charge in [-0.25, -0.2) is 0 Å². The van der Waals surface area contributed by atoms with Gasteiger partial charge in [0.05, 0.1) is 17.7 Å². The number of hydrogen-bond donors (Lipinski definition) is 0. The van der Waals surface area contributed by atoms with Crippen LogP contribution in [0.1, 0.15) is 74.8 Å². The first-order chi connectivity index (χ1) is 11.3. The zero-order chi connectivity index (χ0) is 17.5. The molecule has 3 heterocycles. The van der Waals surface area contributed by atoms with Crippen LogP contribution in [0.4, 0.5) is 0 Å². The Kier molecular flexibility index (Phi) is 4.51. The second-order valence-electron chi connectivity index (χ2n) is 7.94. The van der Waals surface area contributed by atoms with E-state index >= 15 is 0 Å². The molecule has 0 amide bonds. The molecule has 24 heavy (non-hydrogen) atoms. The summed E-state index contributed by atoms with van der Waals surface area (Å²) in [6, 6.07) is 0. The number of aromatic nitrogens is 3. The molecular formula is C18H27N3O3. The molecule has 0 spiro atoms. The van der Waals surface area contributed by atoms with E-state index < -0.39 is 0 Å². The summed E-state index contributed by atoms with van der Waals surface area (Å²) >= 11 is 0. The lowest BCUT2D eigenvalue weighted by molar-refractivity contribution is 0.0169. The first-order valence-electron chi connectivity index (χ1n) is 8.64. The standard InChI is InChI=1S/C18H27N3O3/c1-10(9-14-11(2)21-24-12(14)3)16-19-20-17(23-16)13-7-8-22-15(13)18(4,5)6/h10,13,15H,7-9H2,1-6H3/t10-,13-,15-/m0/s1. The number of aryl methyl sites for hydroxylation is 2. The summed E-state index contributed by atoms with van der Waals surface area (Å²) in [5.74, 6) is 2.53. The quantitative estimate of drug-likeness (QED) is 0.843. The Hall–Kier alpha value is -1.69. The van der Waals surface area contributed by atoms with Crippen molar-refractivity contribution in [3.05, 3.63) is 28.8 Å². The van der Waals surface area contributed by atoms with Crippen molar-refractivity contribution < 1.29 is 13.7 Å². The van der Waals surface area contributed by atoms with Gasteiger partial charge in [0.2, 0.25) is 11.8 Å². The third-order valence-electron chi connectivity index (χ3n) is 4.83. The molecule has 1 saturated heterocycles. The van der Waals surface area contributed by atoms with E-state index in [1.807, 2.05) is 13.8 Å². The summed E-state index contributed by atoms with van der Waals surface area (Å²) < 4.78 is 17.2. The van der Waals surface area contributed by atoms with Gasteiger partial charge in [-0.15, -0.1) is 10.2 Å². The summed E-state index contributed by atoms with van der Waals surface area (Å²) in [6.07, 6.45) is 1.83. The zero-order valence-electron chi connectivity index (χ0n) is 15.4. The highest BCUT2D eigenvalue weighted by Crippen LogP contribution is 2.40. The minimum Gasteiger partial charge on any atom is -0.425 e. The molecule has 0 aromatic carbocycles. The number of hydrogen-bond acceptors (Lipinski definition) is 6. The number of nitrogens with zero attached hydrogens (tertiary/aromatic N) is 3. The van der Waals surface area contributed by atoms with Gasteiger partial charge >= 0.3 is 0 Å². The fourth-order valence-corrected chi connectivity index (χ4v) is 3.48. The van der Waals surface area contributed by atoms with Crippen LogP contribution in [0.25, 0.3) is 0 Å². The molecule has 2 aromatic rings. The van der Waals surface area contributed by atoms with E-state index in [1.165, 1.54) is 0 Å². The normalized spacial score (nSPS) is 22.9. The smallest absolute Gasteiger partial charge is 0.222 e. The van der Waals surface area contributed by atoms with Gasteiger partial charge in [-0.1, -0.05) is 32.9 Å². The highest BCUT2D eigenvalue weighted by molar-refractivity contribution is 5.22. The molecule has 0 N–H and O–H groups in total. The van der Waals surface area contributed by atoms with Crippen LogP contribution in [-0.2, 0) is 11.2 Å². The molecule has 3 atom stereocenters. The molecule has 1 fully saturated rings. The maximum atomic E-state index is 6.03. The van der Waals surface area contributed by atoms with Crippen molar-refractivity contribution in [1.82, 2.24) is 15.4 Å². The molecule has 3 rings (SSSR count). The molecule has 0 radical (unpaired) electrons. The molecular weight excluding hydrogens is 306 g/mol. The van der Waals surface area contributed by atoms with Crippen LogP contribution in [-0.4, -0.2) is 28.1 Å². The van der Waals surface area contributed by atoms with Crippen LogP contribution >= 0.6 is 0 Å². The number of ether oxygens (including phenoxy) is 1. The highest BCUT2D eigenvalue weighted by atomic mass is 16.5. The van der Waals surface area contributed by atoms with E-state index in [0.29, 0.717) is 11.8 Å². The first kappa shape index (κ1) is 17.1. The Morgan fingerprint density at radius 2 is 1.96 bits per heavy atom. The molecule has 132 valence electrons. The van der Waals surface area contributed by atoms with Crippen LogP contribution in [0.2, 0.25) is 0 Å². The molecule has 1 aliphatic rings. The average molecular weight is 333 g/mol. The van der Waals surface area contributed by atoms with Crippen molar-refractivity contribution in [3.63, 3.8) is 0 Å². The van der Waals surface area contributed by atoms with Crippen molar-refractivity contribution >= 4 is 0 Å². The Morgan fingerprint density at radius 1 is 1.21 bits per heavy atom. The molecule has 0 unspecified atom stereocenters. The minimum absolute atomic E-state index is 0.0537. The van der Waals surface area contributed by atoms with E-state index in [1.54, 1.807) is 0 Å². The lowest BCUT2D eigenvalue weighted by Gasteiger charge is -2.29. The fourth-order valence-electron chi connectivity index (χ4n) is 3.48. The van der Waals surface area contributed by atoms with Crippen LogP contribution in [0.15, 0.2) is 8.94 Å². The summed E-state index contributed by atoms with van der Waals surface area (Å²) in [4.78, 5) is 0. The molecule has 1 aliphatic heterocycles. The lowest BCUT2D eigenvalue weighted by Crippen LogP contribution is -2.30. The molecule has 6 nitrogen and oxygen atoms in total. The number of rotatable bonds is 4. The predicted octanol–water partition coefficient (Wildman–Crippen LogP) is 3.94. The minimum atomic E-state index is 0.0537. The predicted molar refractivity (Wildman–Crippen MR) is 88.9 cm³/mol. The summed E-state index contributed by atoms with van der Waals surface area (Å²) in [5, 5.41) is 12.6. The van der Waals surface area contributed by atoms with Gasteiger partial charge in [0, 0.05) is 18.1 Å². The first-order valence-corrected chi connectivity index (χ1v) is 8.64. The summed E-state index contributed by atoms with van der Waals surface area (Å²) in [5.41, 5.74) is 2.10. The average Bonchev–Trinajstić information content (AvgIpc) is 3.20. The van der Waals surface area contributed by atoms with E-state index in [0.717, 1.165) is 36.5 Å². The summed E-state index contributed by atoms with van der Waals surface area (Å²) in [6.45, 7) is 13.3. The van der Waals surface area contributed by atoms with E-state index in [4.69, 9.17) is 13.7 Å². The largest absolute Gasteiger partial charge is 0.425 e. The van der Waals surface area contributed by atoms with E-state index in [9.17, 15) is 0 Å². The lowest BCUT2D eigenvalue weighted by atomic mass is 9.81.